The van der Waals surface area contributed by atoms with Crippen LogP contribution in [-0.4, -0.2) is 4.98 Å². The molecule has 0 N–H and O–H groups in total. The standard InChI is InChI=1S/C24H20FN/c1-2-8-21-23(17-9-4-3-5-10-17)20-11-6-7-12-22(20)26-24(21)18-13-15-19(25)16-14-18/h3-7,9-16H,2,8H2,1H3. The molecule has 0 atom stereocenters. The molecule has 4 aromatic rings. The molecular weight excluding hydrogens is 321 g/mol. The maximum atomic E-state index is 13.4. The highest BCUT2D eigenvalue weighted by Gasteiger charge is 2.17. The first-order valence-corrected chi connectivity index (χ1v) is 9.01. The number of nitrogens with zero attached hydrogens (tertiary/aromatic N) is 1. The van der Waals surface area contributed by atoms with E-state index in [4.69, 9.17) is 4.98 Å². The van der Waals surface area contributed by atoms with Crippen LogP contribution in [-0.2, 0) is 6.42 Å². The molecule has 1 aromatic heterocycles. The van der Waals surface area contributed by atoms with Crippen LogP contribution in [0.25, 0.3) is 33.3 Å². The van der Waals surface area contributed by atoms with Gasteiger partial charge in [0.15, 0.2) is 0 Å². The predicted octanol–water partition coefficient (Wildman–Crippen LogP) is 6.66. The van der Waals surface area contributed by atoms with E-state index in [2.05, 4.69) is 43.3 Å². The van der Waals surface area contributed by atoms with Crippen molar-refractivity contribution in [3.8, 4) is 22.4 Å². The summed E-state index contributed by atoms with van der Waals surface area (Å²) >= 11 is 0. The lowest BCUT2D eigenvalue weighted by molar-refractivity contribution is 0.628. The number of pyridine rings is 1. The van der Waals surface area contributed by atoms with Gasteiger partial charge in [-0.15, -0.1) is 0 Å². The van der Waals surface area contributed by atoms with Crippen molar-refractivity contribution < 1.29 is 4.39 Å². The van der Waals surface area contributed by atoms with E-state index in [1.54, 1.807) is 0 Å². The van der Waals surface area contributed by atoms with Crippen LogP contribution in [0, 0.1) is 5.82 Å². The van der Waals surface area contributed by atoms with Crippen LogP contribution in [0.5, 0.6) is 0 Å². The number of rotatable bonds is 4. The highest BCUT2D eigenvalue weighted by Crippen LogP contribution is 2.37. The molecule has 0 radical (unpaired) electrons. The third kappa shape index (κ3) is 2.99. The van der Waals surface area contributed by atoms with Crippen molar-refractivity contribution in [1.82, 2.24) is 4.98 Å². The molecule has 0 unspecified atom stereocenters. The summed E-state index contributed by atoms with van der Waals surface area (Å²) in [5, 5.41) is 1.16. The van der Waals surface area contributed by atoms with Crippen LogP contribution in [0.15, 0.2) is 78.9 Å². The molecule has 1 heterocycles. The Morgan fingerprint density at radius 2 is 1.46 bits per heavy atom. The van der Waals surface area contributed by atoms with Gasteiger partial charge in [0.2, 0.25) is 0 Å². The average Bonchev–Trinajstić information content (AvgIpc) is 2.69. The molecule has 0 aliphatic heterocycles. The van der Waals surface area contributed by atoms with Gasteiger partial charge in [-0.3, -0.25) is 0 Å². The number of aromatic nitrogens is 1. The molecule has 128 valence electrons. The Hall–Kier alpha value is -3.00. The number of hydrogen-bond acceptors (Lipinski definition) is 1. The first-order valence-electron chi connectivity index (χ1n) is 9.01. The van der Waals surface area contributed by atoms with Crippen LogP contribution in [0.1, 0.15) is 18.9 Å². The van der Waals surface area contributed by atoms with Gasteiger partial charge in [-0.25, -0.2) is 9.37 Å². The molecule has 4 rings (SSSR count). The predicted molar refractivity (Wildman–Crippen MR) is 107 cm³/mol. The molecule has 0 spiro atoms. The summed E-state index contributed by atoms with van der Waals surface area (Å²) in [6, 6.07) is 25.4. The van der Waals surface area contributed by atoms with E-state index < -0.39 is 0 Å². The second-order valence-electron chi connectivity index (χ2n) is 6.45. The van der Waals surface area contributed by atoms with Gasteiger partial charge in [-0.2, -0.15) is 0 Å². The van der Waals surface area contributed by atoms with E-state index in [-0.39, 0.29) is 5.82 Å². The van der Waals surface area contributed by atoms with E-state index in [0.717, 1.165) is 35.0 Å². The van der Waals surface area contributed by atoms with E-state index in [9.17, 15) is 4.39 Å². The molecule has 1 nitrogen and oxygen atoms in total. The molecule has 0 saturated carbocycles. The lowest BCUT2D eigenvalue weighted by Crippen LogP contribution is -1.99. The fraction of sp³-hybridized carbons (Fsp3) is 0.125. The van der Waals surface area contributed by atoms with E-state index in [1.165, 1.54) is 28.8 Å². The number of halogens is 1. The smallest absolute Gasteiger partial charge is 0.123 e. The largest absolute Gasteiger partial charge is 0.247 e. The minimum atomic E-state index is -0.227. The molecule has 26 heavy (non-hydrogen) atoms. The molecule has 3 aromatic carbocycles. The molecule has 0 fully saturated rings. The van der Waals surface area contributed by atoms with Gasteiger partial charge in [0.25, 0.3) is 0 Å². The maximum Gasteiger partial charge on any atom is 0.123 e. The van der Waals surface area contributed by atoms with Crippen molar-refractivity contribution in [3.05, 3.63) is 90.2 Å². The topological polar surface area (TPSA) is 12.9 Å². The number of hydrogen-bond donors (Lipinski definition) is 0. The lowest BCUT2D eigenvalue weighted by Gasteiger charge is -2.17. The van der Waals surface area contributed by atoms with Crippen LogP contribution in [0.2, 0.25) is 0 Å². The van der Waals surface area contributed by atoms with Gasteiger partial charge in [-0.05, 0) is 53.4 Å². The van der Waals surface area contributed by atoms with Crippen molar-refractivity contribution in [3.63, 3.8) is 0 Å². The Morgan fingerprint density at radius 1 is 0.769 bits per heavy atom. The SMILES string of the molecule is CCCc1c(-c2ccc(F)cc2)nc2ccccc2c1-c1ccccc1. The van der Waals surface area contributed by atoms with Crippen LogP contribution in [0.3, 0.4) is 0 Å². The van der Waals surface area contributed by atoms with Gasteiger partial charge in [-0.1, -0.05) is 61.9 Å². The summed E-state index contributed by atoms with van der Waals surface area (Å²) in [5.74, 6) is -0.227. The van der Waals surface area contributed by atoms with E-state index >= 15 is 0 Å². The van der Waals surface area contributed by atoms with Crippen molar-refractivity contribution in [2.24, 2.45) is 0 Å². The maximum absolute atomic E-state index is 13.4. The quantitative estimate of drug-likeness (QED) is 0.404. The first kappa shape index (κ1) is 16.5. The fourth-order valence-corrected chi connectivity index (χ4v) is 3.53. The minimum Gasteiger partial charge on any atom is -0.247 e. The van der Waals surface area contributed by atoms with Crippen LogP contribution in [0.4, 0.5) is 4.39 Å². The van der Waals surface area contributed by atoms with Crippen molar-refractivity contribution in [2.45, 2.75) is 19.8 Å². The van der Waals surface area contributed by atoms with Crippen molar-refractivity contribution in [2.75, 3.05) is 0 Å². The fourth-order valence-electron chi connectivity index (χ4n) is 3.53. The Balaban J connectivity index is 2.09. The Morgan fingerprint density at radius 3 is 2.19 bits per heavy atom. The highest BCUT2D eigenvalue weighted by atomic mass is 19.1. The molecule has 0 saturated heterocycles. The zero-order chi connectivity index (χ0) is 17.9. The van der Waals surface area contributed by atoms with Gasteiger partial charge >= 0.3 is 0 Å². The molecule has 0 aliphatic carbocycles. The Bertz CT molecular complexity index is 1040. The molecule has 0 amide bonds. The van der Waals surface area contributed by atoms with E-state index in [1.807, 2.05) is 30.3 Å². The second kappa shape index (κ2) is 7.09. The zero-order valence-electron chi connectivity index (χ0n) is 14.7. The normalized spacial score (nSPS) is 11.0. The van der Waals surface area contributed by atoms with Gasteiger partial charge in [0.05, 0.1) is 11.2 Å². The minimum absolute atomic E-state index is 0.227. The third-order valence-electron chi connectivity index (χ3n) is 4.67. The summed E-state index contributed by atoms with van der Waals surface area (Å²) in [5.41, 5.74) is 6.52. The van der Waals surface area contributed by atoms with Crippen molar-refractivity contribution in [1.29, 1.82) is 0 Å². The third-order valence-corrected chi connectivity index (χ3v) is 4.67. The zero-order valence-corrected chi connectivity index (χ0v) is 14.7. The second-order valence-corrected chi connectivity index (χ2v) is 6.45. The Labute approximate surface area is 153 Å². The lowest BCUT2D eigenvalue weighted by atomic mass is 9.90. The monoisotopic (exact) mass is 341 g/mol. The molecule has 0 bridgehead atoms. The van der Waals surface area contributed by atoms with Crippen molar-refractivity contribution >= 4 is 10.9 Å². The highest BCUT2D eigenvalue weighted by molar-refractivity contribution is 5.99. The molecule has 2 heteroatoms. The van der Waals surface area contributed by atoms with Gasteiger partial charge in [0.1, 0.15) is 5.82 Å². The molecular formula is C24H20FN. The summed E-state index contributed by atoms with van der Waals surface area (Å²) < 4.78 is 13.4. The first-order chi connectivity index (χ1) is 12.8. The number of para-hydroxylation sites is 1. The average molecular weight is 341 g/mol. The number of benzene rings is 3. The van der Waals surface area contributed by atoms with Crippen LogP contribution >= 0.6 is 0 Å². The Kier molecular flexibility index (Phi) is 4.49. The summed E-state index contributed by atoms with van der Waals surface area (Å²) in [6.45, 7) is 2.18. The summed E-state index contributed by atoms with van der Waals surface area (Å²) in [6.07, 6.45) is 1.95. The van der Waals surface area contributed by atoms with Gasteiger partial charge in [0, 0.05) is 10.9 Å². The van der Waals surface area contributed by atoms with Gasteiger partial charge < -0.3 is 0 Å². The molecule has 0 aliphatic rings. The summed E-state index contributed by atoms with van der Waals surface area (Å²) in [7, 11) is 0. The number of fused-ring (bicyclic) bond motifs is 1. The summed E-state index contributed by atoms with van der Waals surface area (Å²) in [4.78, 5) is 4.96. The van der Waals surface area contributed by atoms with Crippen LogP contribution < -0.4 is 0 Å². The van der Waals surface area contributed by atoms with E-state index in [0.29, 0.717) is 0 Å².